The van der Waals surface area contributed by atoms with Gasteiger partial charge in [0.15, 0.2) is 11.5 Å². The molecule has 4 aromatic rings. The van der Waals surface area contributed by atoms with Crippen molar-refractivity contribution in [2.75, 3.05) is 25.0 Å². The Balaban J connectivity index is 1.27. The standard InChI is InChI=1S/C28H30F2N6O2/c1-18-16-21(4-7-23(18)27(37)33-13-10-19-8-11-31-12-9-19)35-25-26-34-17-24(36(26)15-14-32-25)20-2-5-22(6-3-20)38-28(29)30/h2-7,14-17,19,28,31H,8-13H2,1H3,(H,32,35)(H,33,37). The fraction of sp³-hybridized carbons (Fsp3) is 0.321. The molecule has 1 fully saturated rings. The smallest absolute Gasteiger partial charge is 0.387 e. The van der Waals surface area contributed by atoms with Crippen molar-refractivity contribution >= 4 is 23.1 Å². The predicted molar refractivity (Wildman–Crippen MR) is 142 cm³/mol. The zero-order valence-electron chi connectivity index (χ0n) is 21.1. The average molecular weight is 521 g/mol. The fourth-order valence-electron chi connectivity index (χ4n) is 4.82. The van der Waals surface area contributed by atoms with Crippen LogP contribution in [0.25, 0.3) is 16.9 Å². The van der Waals surface area contributed by atoms with Crippen LogP contribution in [-0.2, 0) is 0 Å². The Labute approximate surface area is 219 Å². The number of piperidine rings is 1. The van der Waals surface area contributed by atoms with Crippen molar-refractivity contribution in [3.63, 3.8) is 0 Å². The molecule has 2 aromatic carbocycles. The summed E-state index contributed by atoms with van der Waals surface area (Å²) in [4.78, 5) is 21.7. The highest BCUT2D eigenvalue weighted by atomic mass is 19.3. The lowest BCUT2D eigenvalue weighted by Gasteiger charge is -2.22. The molecule has 198 valence electrons. The van der Waals surface area contributed by atoms with Crippen LogP contribution in [0.15, 0.2) is 61.1 Å². The van der Waals surface area contributed by atoms with Crippen LogP contribution in [0, 0.1) is 12.8 Å². The Kier molecular flexibility index (Phi) is 7.78. The van der Waals surface area contributed by atoms with Crippen molar-refractivity contribution in [3.8, 4) is 17.0 Å². The molecule has 1 amide bonds. The number of halogens is 2. The molecule has 1 saturated heterocycles. The summed E-state index contributed by atoms with van der Waals surface area (Å²) in [7, 11) is 0. The van der Waals surface area contributed by atoms with Gasteiger partial charge in [0.1, 0.15) is 5.75 Å². The summed E-state index contributed by atoms with van der Waals surface area (Å²) in [6, 6.07) is 12.0. The van der Waals surface area contributed by atoms with E-state index in [1.54, 1.807) is 30.7 Å². The number of alkyl halides is 2. The molecule has 0 atom stereocenters. The van der Waals surface area contributed by atoms with Crippen LogP contribution in [0.4, 0.5) is 20.3 Å². The van der Waals surface area contributed by atoms with E-state index in [2.05, 4.69) is 30.7 Å². The first-order valence-corrected chi connectivity index (χ1v) is 12.7. The van der Waals surface area contributed by atoms with Gasteiger partial charge in [-0.05, 0) is 93.2 Å². The van der Waals surface area contributed by atoms with E-state index >= 15 is 0 Å². The molecule has 3 heterocycles. The van der Waals surface area contributed by atoms with Gasteiger partial charge < -0.3 is 20.7 Å². The van der Waals surface area contributed by atoms with Crippen molar-refractivity contribution in [1.82, 2.24) is 25.0 Å². The predicted octanol–water partition coefficient (Wildman–Crippen LogP) is 5.17. The molecule has 8 nitrogen and oxygen atoms in total. The molecule has 0 bridgehead atoms. The summed E-state index contributed by atoms with van der Waals surface area (Å²) >= 11 is 0. The minimum absolute atomic E-state index is 0.0638. The monoisotopic (exact) mass is 520 g/mol. The third-order valence-corrected chi connectivity index (χ3v) is 6.83. The number of carbonyl (C=O) groups is 1. The summed E-state index contributed by atoms with van der Waals surface area (Å²) in [6.07, 6.45) is 8.48. The molecule has 1 aliphatic heterocycles. The number of nitrogens with zero attached hydrogens (tertiary/aromatic N) is 3. The van der Waals surface area contributed by atoms with Crippen molar-refractivity contribution in [1.29, 1.82) is 0 Å². The summed E-state index contributed by atoms with van der Waals surface area (Å²) in [6.45, 7) is 1.84. The van der Waals surface area contributed by atoms with E-state index in [0.29, 0.717) is 29.5 Å². The van der Waals surface area contributed by atoms with Gasteiger partial charge in [-0.3, -0.25) is 9.20 Å². The lowest BCUT2D eigenvalue weighted by Crippen LogP contribution is -2.31. The van der Waals surface area contributed by atoms with Gasteiger partial charge in [0.05, 0.1) is 11.9 Å². The number of ether oxygens (including phenoxy) is 1. The number of imidazole rings is 1. The molecule has 0 saturated carbocycles. The molecule has 3 N–H and O–H groups in total. The highest BCUT2D eigenvalue weighted by Gasteiger charge is 2.15. The van der Waals surface area contributed by atoms with Crippen LogP contribution < -0.4 is 20.7 Å². The molecule has 0 spiro atoms. The normalized spacial score (nSPS) is 14.1. The molecule has 2 aromatic heterocycles. The van der Waals surface area contributed by atoms with Crippen LogP contribution in [0.2, 0.25) is 0 Å². The van der Waals surface area contributed by atoms with Crippen LogP contribution in [-0.4, -0.2) is 46.5 Å². The van der Waals surface area contributed by atoms with Gasteiger partial charge >= 0.3 is 6.61 Å². The third-order valence-electron chi connectivity index (χ3n) is 6.83. The lowest BCUT2D eigenvalue weighted by atomic mass is 9.95. The Hall–Kier alpha value is -4.05. The molecule has 1 aliphatic rings. The second-order valence-electron chi connectivity index (χ2n) is 9.41. The van der Waals surface area contributed by atoms with Crippen LogP contribution in [0.3, 0.4) is 0 Å². The summed E-state index contributed by atoms with van der Waals surface area (Å²) in [5.74, 6) is 1.25. The summed E-state index contributed by atoms with van der Waals surface area (Å²) in [5, 5.41) is 9.73. The van der Waals surface area contributed by atoms with Crippen molar-refractivity contribution in [2.24, 2.45) is 5.92 Å². The Morgan fingerprint density at radius 2 is 1.95 bits per heavy atom. The van der Waals surface area contributed by atoms with Crippen LogP contribution >= 0.6 is 0 Å². The maximum absolute atomic E-state index is 12.7. The van der Waals surface area contributed by atoms with Crippen molar-refractivity contribution in [3.05, 3.63) is 72.2 Å². The molecule has 0 aliphatic carbocycles. The number of aromatic nitrogens is 3. The Morgan fingerprint density at radius 3 is 2.68 bits per heavy atom. The van der Waals surface area contributed by atoms with E-state index in [9.17, 15) is 13.6 Å². The number of hydrogen-bond acceptors (Lipinski definition) is 6. The summed E-state index contributed by atoms with van der Waals surface area (Å²) < 4.78 is 31.2. The van der Waals surface area contributed by atoms with Crippen molar-refractivity contribution in [2.45, 2.75) is 32.8 Å². The van der Waals surface area contributed by atoms with Gasteiger partial charge in [-0.2, -0.15) is 8.78 Å². The van der Waals surface area contributed by atoms with Crippen molar-refractivity contribution < 1.29 is 18.3 Å². The molecule has 0 unspecified atom stereocenters. The number of aryl methyl sites for hydroxylation is 1. The first-order valence-electron chi connectivity index (χ1n) is 12.7. The van der Waals surface area contributed by atoms with E-state index in [4.69, 9.17) is 0 Å². The van der Waals surface area contributed by atoms with Gasteiger partial charge in [0.25, 0.3) is 5.91 Å². The van der Waals surface area contributed by atoms with Crippen LogP contribution in [0.5, 0.6) is 5.75 Å². The summed E-state index contributed by atoms with van der Waals surface area (Å²) in [5.41, 5.74) is 4.47. The third kappa shape index (κ3) is 5.91. The highest BCUT2D eigenvalue weighted by Crippen LogP contribution is 2.27. The largest absolute Gasteiger partial charge is 0.435 e. The maximum Gasteiger partial charge on any atom is 0.387 e. The first kappa shape index (κ1) is 25.6. The van der Waals surface area contributed by atoms with Gasteiger partial charge in [-0.25, -0.2) is 9.97 Å². The number of hydrogen-bond donors (Lipinski definition) is 3. The SMILES string of the molecule is Cc1cc(Nc2nccn3c(-c4ccc(OC(F)F)cc4)cnc23)ccc1C(=O)NCCC1CCNCC1. The van der Waals surface area contributed by atoms with Gasteiger partial charge in [-0.1, -0.05) is 0 Å². The number of benzene rings is 2. The number of amides is 1. The van der Waals surface area contributed by atoms with E-state index in [1.165, 1.54) is 12.1 Å². The minimum atomic E-state index is -2.87. The quantitative estimate of drug-likeness (QED) is 0.282. The molecular weight excluding hydrogens is 490 g/mol. The second-order valence-corrected chi connectivity index (χ2v) is 9.41. The number of nitrogens with one attached hydrogen (secondary N) is 3. The van der Waals surface area contributed by atoms with E-state index in [1.807, 2.05) is 29.5 Å². The maximum atomic E-state index is 12.7. The Morgan fingerprint density at radius 1 is 1.16 bits per heavy atom. The zero-order valence-corrected chi connectivity index (χ0v) is 21.1. The number of carbonyl (C=O) groups excluding carboxylic acids is 1. The van der Waals surface area contributed by atoms with E-state index < -0.39 is 6.61 Å². The first-order chi connectivity index (χ1) is 18.5. The number of rotatable bonds is 9. The average Bonchev–Trinajstić information content (AvgIpc) is 3.35. The topological polar surface area (TPSA) is 92.6 Å². The highest BCUT2D eigenvalue weighted by molar-refractivity contribution is 5.96. The Bertz CT molecular complexity index is 1400. The minimum Gasteiger partial charge on any atom is -0.435 e. The molecule has 10 heteroatoms. The number of anilines is 2. The molecular formula is C28H30F2N6O2. The molecule has 5 rings (SSSR count). The molecule has 0 radical (unpaired) electrons. The van der Waals surface area contributed by atoms with Gasteiger partial charge in [0.2, 0.25) is 0 Å². The van der Waals surface area contributed by atoms with E-state index in [0.717, 1.165) is 54.9 Å². The number of fused-ring (bicyclic) bond motifs is 1. The van der Waals surface area contributed by atoms with E-state index in [-0.39, 0.29) is 11.7 Å². The lowest BCUT2D eigenvalue weighted by molar-refractivity contribution is -0.0498. The van der Waals surface area contributed by atoms with Crippen LogP contribution in [0.1, 0.15) is 35.2 Å². The molecule has 38 heavy (non-hydrogen) atoms. The fourth-order valence-corrected chi connectivity index (χ4v) is 4.82. The second kappa shape index (κ2) is 11.6. The van der Waals surface area contributed by atoms with Gasteiger partial charge in [0, 0.05) is 35.8 Å². The van der Waals surface area contributed by atoms with Gasteiger partial charge in [-0.15, -0.1) is 0 Å². The zero-order chi connectivity index (χ0) is 26.5.